The fourth-order valence-electron chi connectivity index (χ4n) is 4.28. The van der Waals surface area contributed by atoms with Crippen LogP contribution in [0.5, 0.6) is 17.2 Å². The molecule has 0 unspecified atom stereocenters. The van der Waals surface area contributed by atoms with E-state index >= 15 is 0 Å². The molecule has 11 nitrogen and oxygen atoms in total. The van der Waals surface area contributed by atoms with Gasteiger partial charge in [0.15, 0.2) is 17.7 Å². The van der Waals surface area contributed by atoms with Crippen LogP contribution in [0, 0.1) is 0 Å². The van der Waals surface area contributed by atoms with Gasteiger partial charge in [0.2, 0.25) is 0 Å². The van der Waals surface area contributed by atoms with Gasteiger partial charge < -0.3 is 34.7 Å². The van der Waals surface area contributed by atoms with Crippen molar-refractivity contribution in [2.24, 2.45) is 5.10 Å². The van der Waals surface area contributed by atoms with Gasteiger partial charge in [-0.15, -0.1) is 0 Å². The molecule has 2 atom stereocenters. The van der Waals surface area contributed by atoms with Gasteiger partial charge in [-0.25, -0.2) is 9.59 Å². The van der Waals surface area contributed by atoms with Crippen LogP contribution >= 0.6 is 11.6 Å². The molecule has 43 heavy (non-hydrogen) atoms. The number of amides is 2. The number of hydrogen-bond donors (Lipinski definition) is 4. The van der Waals surface area contributed by atoms with Crippen LogP contribution < -0.4 is 30.3 Å². The molecule has 1 aliphatic heterocycles. The number of rotatable bonds is 13. The third-order valence-electron chi connectivity index (χ3n) is 6.33. The monoisotopic (exact) mass is 608 g/mol. The second-order valence-electron chi connectivity index (χ2n) is 9.37. The van der Waals surface area contributed by atoms with Crippen molar-refractivity contribution in [3.05, 3.63) is 99.7 Å². The van der Waals surface area contributed by atoms with Gasteiger partial charge in [0, 0.05) is 16.3 Å². The van der Waals surface area contributed by atoms with E-state index in [1.165, 1.54) is 7.11 Å². The van der Waals surface area contributed by atoms with Gasteiger partial charge in [-0.3, -0.25) is 5.43 Å². The fourth-order valence-corrected chi connectivity index (χ4v) is 4.40. The number of hydrazone groups is 1. The number of carbonyl (C=O) groups is 2. The van der Waals surface area contributed by atoms with E-state index in [9.17, 15) is 14.7 Å². The molecule has 0 spiro atoms. The Morgan fingerprint density at radius 1 is 1.07 bits per heavy atom. The molecule has 2 amide bonds. The summed E-state index contributed by atoms with van der Waals surface area (Å²) < 4.78 is 22.4. The highest BCUT2D eigenvalue weighted by molar-refractivity contribution is 6.30. The minimum atomic E-state index is -1.15. The lowest BCUT2D eigenvalue weighted by molar-refractivity contribution is -0.136. The molecular formula is C31H33ClN4O7. The number of methoxy groups -OCH3 is 1. The quantitative estimate of drug-likeness (QED) is 0.0967. The van der Waals surface area contributed by atoms with Gasteiger partial charge >= 0.3 is 12.0 Å². The average molecular weight is 609 g/mol. The number of halogens is 1. The Hall–Kier alpha value is -4.74. The molecule has 1 aliphatic rings. The number of benzene rings is 3. The number of allylic oxidation sites excluding steroid dienone is 1. The van der Waals surface area contributed by atoms with Crippen LogP contribution in [0.3, 0.4) is 0 Å². The van der Waals surface area contributed by atoms with Crippen molar-refractivity contribution >= 4 is 29.8 Å². The summed E-state index contributed by atoms with van der Waals surface area (Å²) >= 11 is 5.95. The zero-order chi connectivity index (χ0) is 30.8. The van der Waals surface area contributed by atoms with E-state index in [0.29, 0.717) is 52.3 Å². The Bertz CT molecular complexity index is 1490. The zero-order valence-corrected chi connectivity index (χ0v) is 24.7. The van der Waals surface area contributed by atoms with E-state index in [0.717, 1.165) is 5.56 Å². The first kappa shape index (κ1) is 31.2. The molecule has 3 aromatic carbocycles. The minimum Gasteiger partial charge on any atom is -0.490 e. The van der Waals surface area contributed by atoms with E-state index in [4.69, 9.17) is 30.5 Å². The minimum absolute atomic E-state index is 0.151. The maximum atomic E-state index is 12.4. The van der Waals surface area contributed by atoms with E-state index < -0.39 is 24.3 Å². The molecule has 12 heteroatoms. The van der Waals surface area contributed by atoms with Gasteiger partial charge in [0.05, 0.1) is 31.5 Å². The smallest absolute Gasteiger partial charge is 0.337 e. The van der Waals surface area contributed by atoms with Crippen LogP contribution in [0.4, 0.5) is 4.79 Å². The molecular weight excluding hydrogens is 576 g/mol. The summed E-state index contributed by atoms with van der Waals surface area (Å²) in [5, 5.41) is 20.6. The summed E-state index contributed by atoms with van der Waals surface area (Å²) in [5.74, 6) is 0.786. The molecule has 1 heterocycles. The van der Waals surface area contributed by atoms with Crippen molar-refractivity contribution < 1.29 is 33.6 Å². The third-order valence-corrected chi connectivity index (χ3v) is 6.58. The third kappa shape index (κ3) is 8.40. The summed E-state index contributed by atoms with van der Waals surface area (Å²) in [7, 11) is 1.28. The predicted molar refractivity (Wildman–Crippen MR) is 161 cm³/mol. The second kappa shape index (κ2) is 14.9. The summed E-state index contributed by atoms with van der Waals surface area (Å²) in [6, 6.07) is 18.6. The largest absolute Gasteiger partial charge is 0.490 e. The number of aliphatic hydroxyl groups is 1. The Kier molecular flexibility index (Phi) is 10.8. The van der Waals surface area contributed by atoms with E-state index in [-0.39, 0.29) is 12.2 Å². The Morgan fingerprint density at radius 2 is 1.84 bits per heavy atom. The number of nitrogens with zero attached hydrogens (tertiary/aromatic N) is 1. The van der Waals surface area contributed by atoms with Crippen molar-refractivity contribution in [3.63, 3.8) is 0 Å². The zero-order valence-electron chi connectivity index (χ0n) is 23.9. The Balaban J connectivity index is 1.38. The number of esters is 1. The number of para-hydroxylation sites is 1. The highest BCUT2D eigenvalue weighted by Crippen LogP contribution is 2.35. The lowest BCUT2D eigenvalue weighted by Gasteiger charge is -2.28. The molecule has 0 radical (unpaired) electrons. The molecule has 0 saturated heterocycles. The molecule has 0 fully saturated rings. The van der Waals surface area contributed by atoms with Crippen molar-refractivity contribution in [3.8, 4) is 17.2 Å². The van der Waals surface area contributed by atoms with Crippen LogP contribution in [0.25, 0.3) is 0 Å². The summed E-state index contributed by atoms with van der Waals surface area (Å²) in [6.45, 7) is 3.98. The van der Waals surface area contributed by atoms with Crippen LogP contribution in [-0.2, 0) is 16.1 Å². The normalized spacial score (nSPS) is 15.4. The number of nitrogens with one attached hydrogen (secondary N) is 3. The Morgan fingerprint density at radius 3 is 2.58 bits per heavy atom. The maximum Gasteiger partial charge on any atom is 0.337 e. The molecule has 4 N–H and O–H groups in total. The number of carbonyl (C=O) groups excluding carboxylic acids is 2. The summed E-state index contributed by atoms with van der Waals surface area (Å²) in [4.78, 5) is 24.6. The van der Waals surface area contributed by atoms with Gasteiger partial charge in [-0.1, -0.05) is 41.9 Å². The molecule has 3 aromatic rings. The second-order valence-corrected chi connectivity index (χ2v) is 9.80. The lowest BCUT2D eigenvalue weighted by Crippen LogP contribution is -2.45. The van der Waals surface area contributed by atoms with E-state index in [1.54, 1.807) is 43.5 Å². The standard InChI is InChI=1S/C31H33ClN4O7/c1-4-41-26-15-21(29-28(30(38)40-3)19(2)34-31(39)35-29)11-14-25(26)43-18-27(37)36-33-16-22-7-5-6-8-24(22)42-17-20-9-12-23(32)13-10-20/h5-16,27,29,36-37H,4,17-18H2,1-3H3,(H2,34,35,39)/b33-16+/t27-,29+/m0/s1. The Labute approximate surface area is 254 Å². The molecule has 4 rings (SSSR count). The molecule has 0 saturated carbocycles. The highest BCUT2D eigenvalue weighted by Gasteiger charge is 2.32. The maximum absolute atomic E-state index is 12.4. The lowest BCUT2D eigenvalue weighted by atomic mass is 9.95. The van der Waals surface area contributed by atoms with Crippen LogP contribution in [-0.4, -0.2) is 49.9 Å². The summed E-state index contributed by atoms with van der Waals surface area (Å²) in [6.07, 6.45) is 0.399. The first-order valence-corrected chi connectivity index (χ1v) is 13.9. The van der Waals surface area contributed by atoms with Crippen molar-refractivity contribution in [2.75, 3.05) is 20.3 Å². The number of hydrogen-bond acceptors (Lipinski definition) is 9. The molecule has 0 bridgehead atoms. The van der Waals surface area contributed by atoms with Crippen molar-refractivity contribution in [1.29, 1.82) is 0 Å². The molecule has 226 valence electrons. The fraction of sp³-hybridized carbons (Fsp3) is 0.258. The number of urea groups is 1. The van der Waals surface area contributed by atoms with Crippen molar-refractivity contribution in [1.82, 2.24) is 16.1 Å². The highest BCUT2D eigenvalue weighted by atomic mass is 35.5. The van der Waals surface area contributed by atoms with Gasteiger partial charge in [0.1, 0.15) is 19.0 Å². The topological polar surface area (TPSA) is 140 Å². The van der Waals surface area contributed by atoms with E-state index in [2.05, 4.69) is 21.2 Å². The first-order valence-electron chi connectivity index (χ1n) is 13.5. The van der Waals surface area contributed by atoms with Crippen molar-refractivity contribution in [2.45, 2.75) is 32.7 Å². The first-order chi connectivity index (χ1) is 20.8. The number of aliphatic hydroxyl groups excluding tert-OH is 1. The predicted octanol–water partition coefficient (Wildman–Crippen LogP) is 4.44. The van der Waals surface area contributed by atoms with E-state index in [1.807, 2.05) is 43.3 Å². The number of ether oxygens (including phenoxy) is 4. The average Bonchev–Trinajstić information content (AvgIpc) is 3.00. The SMILES string of the molecule is CCOc1cc([C@H]2NC(=O)NC(C)=C2C(=O)OC)ccc1OC[C@H](O)N/N=C/c1ccccc1OCc1ccc(Cl)cc1. The molecule has 0 aromatic heterocycles. The van der Waals surface area contributed by atoms with Gasteiger partial charge in [0.25, 0.3) is 0 Å². The van der Waals surface area contributed by atoms with Gasteiger partial charge in [-0.2, -0.15) is 5.10 Å². The van der Waals surface area contributed by atoms with Crippen LogP contribution in [0.15, 0.2) is 83.1 Å². The van der Waals surface area contributed by atoms with Crippen LogP contribution in [0.1, 0.15) is 36.6 Å². The molecule has 0 aliphatic carbocycles. The summed E-state index contributed by atoms with van der Waals surface area (Å²) in [5.41, 5.74) is 5.57. The van der Waals surface area contributed by atoms with Crippen LogP contribution in [0.2, 0.25) is 5.02 Å². The van der Waals surface area contributed by atoms with Gasteiger partial charge in [-0.05, 0) is 61.4 Å².